The average Bonchev–Trinajstić information content (AvgIpc) is 2.90. The van der Waals surface area contributed by atoms with E-state index in [0.29, 0.717) is 16.8 Å². The van der Waals surface area contributed by atoms with Crippen LogP contribution in [0.4, 0.5) is 5.69 Å². The van der Waals surface area contributed by atoms with Crippen molar-refractivity contribution < 1.29 is 28.5 Å². The van der Waals surface area contributed by atoms with Crippen LogP contribution in [0.5, 0.6) is 0 Å². The molecule has 1 heterocycles. The van der Waals surface area contributed by atoms with Crippen molar-refractivity contribution in [1.29, 1.82) is 0 Å². The molecule has 7 heteroatoms. The average molecular weight is 395 g/mol. The number of benzene rings is 2. The van der Waals surface area contributed by atoms with Gasteiger partial charge in [-0.05, 0) is 12.1 Å². The van der Waals surface area contributed by atoms with Gasteiger partial charge in [0.1, 0.15) is 0 Å². The maximum Gasteiger partial charge on any atom is 0.358 e. The van der Waals surface area contributed by atoms with Gasteiger partial charge in [-0.1, -0.05) is 42.5 Å². The Balaban J connectivity index is 2.52. The quantitative estimate of drug-likeness (QED) is 0.720. The monoisotopic (exact) mass is 395 g/mol. The molecule has 0 saturated heterocycles. The fourth-order valence-electron chi connectivity index (χ4n) is 3.26. The number of nitrogens with zero attached hydrogens (tertiary/aromatic N) is 1. The molecule has 7 nitrogen and oxygen atoms in total. The Hall–Kier alpha value is -3.74. The minimum Gasteiger partial charge on any atom is -0.494 e. The largest absolute Gasteiger partial charge is 0.494 e. The summed E-state index contributed by atoms with van der Waals surface area (Å²) in [5, 5.41) is 0. The number of hydrogen-bond donors (Lipinski definition) is 0. The molecule has 0 aliphatic carbocycles. The van der Waals surface area contributed by atoms with E-state index in [2.05, 4.69) is 0 Å². The van der Waals surface area contributed by atoms with Gasteiger partial charge in [0.25, 0.3) is 0 Å². The standard InChI is InChI=1S/C22H21NO6/c1-26-19-15-12-8-9-13-16(15)20(27-2)18(22(25)29-4)23(17(19)21(24)28-3)14-10-6-5-7-11-14/h5-13H,1-4H3. The fourth-order valence-corrected chi connectivity index (χ4v) is 3.26. The second-order valence-corrected chi connectivity index (χ2v) is 5.96. The molecular formula is C22H21NO6. The normalized spacial score (nSPS) is 13.4. The molecule has 1 aliphatic rings. The van der Waals surface area contributed by atoms with E-state index in [9.17, 15) is 9.59 Å². The number of methoxy groups -OCH3 is 4. The summed E-state index contributed by atoms with van der Waals surface area (Å²) in [6.45, 7) is 0. The predicted molar refractivity (Wildman–Crippen MR) is 107 cm³/mol. The highest BCUT2D eigenvalue weighted by Gasteiger charge is 2.39. The van der Waals surface area contributed by atoms with E-state index in [-0.39, 0.29) is 22.9 Å². The first-order valence-electron chi connectivity index (χ1n) is 8.77. The number of hydrogen-bond acceptors (Lipinski definition) is 7. The Labute approximate surface area is 168 Å². The molecule has 0 unspecified atom stereocenters. The van der Waals surface area contributed by atoms with Crippen molar-refractivity contribution in [2.24, 2.45) is 0 Å². The first-order chi connectivity index (χ1) is 14.1. The van der Waals surface area contributed by atoms with E-state index < -0.39 is 11.9 Å². The zero-order valence-corrected chi connectivity index (χ0v) is 16.6. The number of carbonyl (C=O) groups is 2. The summed E-state index contributed by atoms with van der Waals surface area (Å²) in [5.41, 5.74) is 1.74. The van der Waals surface area contributed by atoms with Crippen LogP contribution in [0.15, 0.2) is 66.0 Å². The maximum absolute atomic E-state index is 12.9. The van der Waals surface area contributed by atoms with E-state index in [1.807, 2.05) is 6.07 Å². The summed E-state index contributed by atoms with van der Waals surface area (Å²) in [7, 11) is 5.43. The zero-order valence-electron chi connectivity index (χ0n) is 16.6. The van der Waals surface area contributed by atoms with Crippen LogP contribution in [-0.4, -0.2) is 40.4 Å². The van der Waals surface area contributed by atoms with Crippen LogP contribution in [0.25, 0.3) is 11.5 Å². The molecule has 150 valence electrons. The van der Waals surface area contributed by atoms with Gasteiger partial charge in [-0.25, -0.2) is 9.59 Å². The van der Waals surface area contributed by atoms with Gasteiger partial charge in [0.05, 0.1) is 28.4 Å². The van der Waals surface area contributed by atoms with Crippen LogP contribution in [0, 0.1) is 0 Å². The van der Waals surface area contributed by atoms with Crippen molar-refractivity contribution >= 4 is 29.1 Å². The molecule has 1 aliphatic heterocycles. The van der Waals surface area contributed by atoms with Gasteiger partial charge in [0, 0.05) is 16.8 Å². The molecule has 2 aromatic rings. The summed E-state index contributed by atoms with van der Waals surface area (Å²) < 4.78 is 21.4. The molecule has 0 fully saturated rings. The molecule has 0 aromatic heterocycles. The molecule has 0 amide bonds. The topological polar surface area (TPSA) is 74.3 Å². The highest BCUT2D eigenvalue weighted by Crippen LogP contribution is 2.40. The SMILES string of the molecule is COC(=O)C1=C(OC)c2ccccc2C(OC)=C(C(=O)OC)N1c1ccccc1. The lowest BCUT2D eigenvalue weighted by atomic mass is 10.0. The van der Waals surface area contributed by atoms with Gasteiger partial charge in [0.15, 0.2) is 22.9 Å². The predicted octanol–water partition coefficient (Wildman–Crippen LogP) is 3.18. The number of carbonyl (C=O) groups excluding carboxylic acids is 2. The highest BCUT2D eigenvalue weighted by atomic mass is 16.5. The Bertz CT molecular complexity index is 932. The summed E-state index contributed by atoms with van der Waals surface area (Å²) in [4.78, 5) is 27.3. The third-order valence-electron chi connectivity index (χ3n) is 4.47. The molecule has 0 bridgehead atoms. The van der Waals surface area contributed by atoms with Crippen molar-refractivity contribution in [2.75, 3.05) is 33.3 Å². The van der Waals surface area contributed by atoms with Crippen molar-refractivity contribution in [3.8, 4) is 0 Å². The van der Waals surface area contributed by atoms with Gasteiger partial charge in [-0.15, -0.1) is 0 Å². The first kappa shape index (κ1) is 20.0. The number of anilines is 1. The second kappa shape index (κ2) is 8.52. The first-order valence-corrected chi connectivity index (χ1v) is 8.77. The Morgan fingerprint density at radius 2 is 1.07 bits per heavy atom. The molecule has 29 heavy (non-hydrogen) atoms. The Morgan fingerprint density at radius 3 is 1.45 bits per heavy atom. The number of esters is 2. The smallest absolute Gasteiger partial charge is 0.358 e. The minimum atomic E-state index is -0.681. The van der Waals surface area contributed by atoms with Crippen molar-refractivity contribution in [1.82, 2.24) is 0 Å². The lowest BCUT2D eigenvalue weighted by Gasteiger charge is -2.27. The lowest BCUT2D eigenvalue weighted by Crippen LogP contribution is -2.33. The number of fused-ring (bicyclic) bond motifs is 1. The molecule has 0 radical (unpaired) electrons. The lowest BCUT2D eigenvalue weighted by molar-refractivity contribution is -0.136. The van der Waals surface area contributed by atoms with Crippen LogP contribution < -0.4 is 4.90 Å². The third kappa shape index (κ3) is 3.42. The van der Waals surface area contributed by atoms with E-state index in [0.717, 1.165) is 0 Å². The summed E-state index contributed by atoms with van der Waals surface area (Å²) in [6, 6.07) is 16.1. The van der Waals surface area contributed by atoms with Gasteiger partial charge < -0.3 is 18.9 Å². The van der Waals surface area contributed by atoms with E-state index in [1.54, 1.807) is 48.5 Å². The van der Waals surface area contributed by atoms with E-state index in [1.165, 1.54) is 33.3 Å². The summed E-state index contributed by atoms with van der Waals surface area (Å²) in [6.07, 6.45) is 0. The molecule has 0 atom stereocenters. The van der Waals surface area contributed by atoms with Gasteiger partial charge >= 0.3 is 11.9 Å². The van der Waals surface area contributed by atoms with Crippen LogP contribution in [-0.2, 0) is 28.5 Å². The highest BCUT2D eigenvalue weighted by molar-refractivity contribution is 6.11. The minimum absolute atomic E-state index is 0.0288. The van der Waals surface area contributed by atoms with Gasteiger partial charge in [-0.2, -0.15) is 0 Å². The molecule has 3 rings (SSSR count). The maximum atomic E-state index is 12.9. The summed E-state index contributed by atoms with van der Waals surface area (Å²) in [5.74, 6) is -0.881. The number of para-hydroxylation sites is 1. The van der Waals surface area contributed by atoms with Crippen LogP contribution in [0.1, 0.15) is 11.1 Å². The Kier molecular flexibility index (Phi) is 5.87. The molecule has 2 aromatic carbocycles. The van der Waals surface area contributed by atoms with Crippen molar-refractivity contribution in [3.63, 3.8) is 0 Å². The molecule has 0 spiro atoms. The number of ether oxygens (including phenoxy) is 4. The van der Waals surface area contributed by atoms with Crippen molar-refractivity contribution in [2.45, 2.75) is 0 Å². The van der Waals surface area contributed by atoms with Crippen LogP contribution in [0.3, 0.4) is 0 Å². The molecule has 0 N–H and O–H groups in total. The van der Waals surface area contributed by atoms with Gasteiger partial charge in [-0.3, -0.25) is 4.90 Å². The van der Waals surface area contributed by atoms with Crippen LogP contribution in [0.2, 0.25) is 0 Å². The van der Waals surface area contributed by atoms with E-state index >= 15 is 0 Å². The number of rotatable bonds is 5. The second-order valence-electron chi connectivity index (χ2n) is 5.96. The molecular weight excluding hydrogens is 374 g/mol. The fraction of sp³-hybridized carbons (Fsp3) is 0.182. The summed E-state index contributed by atoms with van der Waals surface area (Å²) >= 11 is 0. The van der Waals surface area contributed by atoms with Gasteiger partial charge in [0.2, 0.25) is 0 Å². The zero-order chi connectivity index (χ0) is 21.0. The third-order valence-corrected chi connectivity index (χ3v) is 4.47. The molecule has 0 saturated carbocycles. The van der Waals surface area contributed by atoms with Crippen LogP contribution >= 0.6 is 0 Å². The van der Waals surface area contributed by atoms with Crippen molar-refractivity contribution in [3.05, 3.63) is 77.1 Å². The van der Waals surface area contributed by atoms with E-state index in [4.69, 9.17) is 18.9 Å². The Morgan fingerprint density at radius 1 is 0.655 bits per heavy atom.